The minimum atomic E-state index is 0.340. The Labute approximate surface area is 114 Å². The van der Waals surface area contributed by atoms with Gasteiger partial charge >= 0.3 is 0 Å². The van der Waals surface area contributed by atoms with Crippen molar-refractivity contribution in [1.82, 2.24) is 10.2 Å². The molecule has 0 bridgehead atoms. The average molecular weight is 262 g/mol. The van der Waals surface area contributed by atoms with Crippen molar-refractivity contribution < 1.29 is 0 Å². The predicted molar refractivity (Wildman–Crippen MR) is 78.7 cm³/mol. The first kappa shape index (κ1) is 12.5. The Morgan fingerprint density at radius 2 is 2.22 bits per heavy atom. The average Bonchev–Trinajstić information content (AvgIpc) is 2.72. The second-order valence-electron chi connectivity index (χ2n) is 5.60. The number of piperidine rings is 1. The fourth-order valence-corrected chi connectivity index (χ4v) is 4.75. The molecule has 0 aliphatic carbocycles. The van der Waals surface area contributed by atoms with Gasteiger partial charge < -0.3 is 5.32 Å². The van der Waals surface area contributed by atoms with Crippen molar-refractivity contribution in [1.29, 1.82) is 0 Å². The van der Waals surface area contributed by atoms with Gasteiger partial charge in [-0.2, -0.15) is 0 Å². The number of nitrogens with zero attached hydrogens (tertiary/aromatic N) is 1. The van der Waals surface area contributed by atoms with E-state index in [1.54, 1.807) is 0 Å². The highest BCUT2D eigenvalue weighted by atomic mass is 32.2. The molecule has 2 aliphatic heterocycles. The van der Waals surface area contributed by atoms with E-state index in [1.807, 2.05) is 0 Å². The lowest BCUT2D eigenvalue weighted by molar-refractivity contribution is 0.172. The third kappa shape index (κ3) is 2.73. The number of thioether (sulfide) groups is 1. The van der Waals surface area contributed by atoms with Crippen molar-refractivity contribution in [2.24, 2.45) is 0 Å². The molecule has 0 aromatic heterocycles. The van der Waals surface area contributed by atoms with Crippen LogP contribution in [0.25, 0.3) is 0 Å². The second-order valence-corrected chi connectivity index (χ2v) is 7.43. The van der Waals surface area contributed by atoms with E-state index in [1.165, 1.54) is 38.0 Å². The Morgan fingerprint density at radius 1 is 1.39 bits per heavy atom. The van der Waals surface area contributed by atoms with Crippen molar-refractivity contribution in [2.45, 2.75) is 36.4 Å². The van der Waals surface area contributed by atoms with Crippen molar-refractivity contribution in [2.75, 3.05) is 19.6 Å². The third-order valence-corrected chi connectivity index (χ3v) is 5.42. The van der Waals surface area contributed by atoms with E-state index >= 15 is 0 Å². The Bertz CT molecular complexity index is 391. The van der Waals surface area contributed by atoms with Crippen LogP contribution in [0.2, 0.25) is 0 Å². The molecule has 1 aromatic rings. The van der Waals surface area contributed by atoms with Gasteiger partial charge in [0.25, 0.3) is 0 Å². The third-order valence-electron chi connectivity index (χ3n) is 3.92. The van der Waals surface area contributed by atoms with Gasteiger partial charge in [-0.25, -0.2) is 0 Å². The summed E-state index contributed by atoms with van der Waals surface area (Å²) in [7, 11) is 0. The maximum Gasteiger partial charge on any atom is 0.0777 e. The van der Waals surface area contributed by atoms with Gasteiger partial charge in [0.1, 0.15) is 0 Å². The van der Waals surface area contributed by atoms with Crippen molar-refractivity contribution >= 4 is 11.8 Å². The van der Waals surface area contributed by atoms with Crippen LogP contribution in [0.1, 0.15) is 25.3 Å². The fourth-order valence-electron chi connectivity index (χ4n) is 3.12. The van der Waals surface area contributed by atoms with E-state index in [4.69, 9.17) is 0 Å². The quantitative estimate of drug-likeness (QED) is 0.882. The lowest BCUT2D eigenvalue weighted by atomic mass is 10.0. The molecule has 2 atom stereocenters. The summed E-state index contributed by atoms with van der Waals surface area (Å²) in [6, 6.07) is 10.8. The smallest absolute Gasteiger partial charge is 0.0777 e. The van der Waals surface area contributed by atoms with Crippen LogP contribution in [-0.4, -0.2) is 34.7 Å². The number of benzene rings is 1. The van der Waals surface area contributed by atoms with E-state index in [0.29, 0.717) is 4.87 Å². The summed E-state index contributed by atoms with van der Waals surface area (Å²) in [6.45, 7) is 7.04. The molecule has 0 radical (unpaired) electrons. The zero-order valence-electron chi connectivity index (χ0n) is 11.1. The molecule has 2 saturated heterocycles. The Hall–Kier alpha value is -0.510. The summed E-state index contributed by atoms with van der Waals surface area (Å²) in [5.74, 6) is 0. The van der Waals surface area contributed by atoms with Crippen LogP contribution in [0.5, 0.6) is 0 Å². The molecule has 0 saturated carbocycles. The second kappa shape index (κ2) is 5.24. The fraction of sp³-hybridized carbons (Fsp3) is 0.600. The largest absolute Gasteiger partial charge is 0.301 e. The van der Waals surface area contributed by atoms with Gasteiger partial charge in [-0.3, -0.25) is 4.90 Å². The van der Waals surface area contributed by atoms with Crippen molar-refractivity contribution in [3.8, 4) is 0 Å². The molecule has 0 amide bonds. The van der Waals surface area contributed by atoms with Crippen LogP contribution in [0.15, 0.2) is 30.3 Å². The summed E-state index contributed by atoms with van der Waals surface area (Å²) in [5.41, 5.74) is 1.44. The van der Waals surface area contributed by atoms with E-state index in [0.717, 1.165) is 11.8 Å². The number of hydrogen-bond acceptors (Lipinski definition) is 3. The molecule has 2 nitrogen and oxygen atoms in total. The number of nitrogens with one attached hydrogen (secondary N) is 1. The monoisotopic (exact) mass is 262 g/mol. The SMILES string of the molecule is CC1CNC2(CCCN(Cc3ccccc3)C2)S1. The van der Waals surface area contributed by atoms with Crippen LogP contribution in [0.3, 0.4) is 0 Å². The topological polar surface area (TPSA) is 15.3 Å². The first-order valence-electron chi connectivity index (χ1n) is 6.95. The van der Waals surface area contributed by atoms with Crippen LogP contribution in [-0.2, 0) is 6.54 Å². The summed E-state index contributed by atoms with van der Waals surface area (Å²) in [4.78, 5) is 2.95. The Kier molecular flexibility index (Phi) is 3.64. The summed E-state index contributed by atoms with van der Waals surface area (Å²) in [5, 5.41) is 4.52. The molecular weight excluding hydrogens is 240 g/mol. The number of likely N-dealkylation sites (tertiary alicyclic amines) is 1. The molecule has 98 valence electrons. The van der Waals surface area contributed by atoms with E-state index < -0.39 is 0 Å². The van der Waals surface area contributed by atoms with Gasteiger partial charge in [-0.1, -0.05) is 37.3 Å². The van der Waals surface area contributed by atoms with Crippen LogP contribution >= 0.6 is 11.8 Å². The molecule has 2 unspecified atom stereocenters. The zero-order chi connectivity index (χ0) is 12.4. The minimum Gasteiger partial charge on any atom is -0.301 e. The Balaban J connectivity index is 1.64. The van der Waals surface area contributed by atoms with Gasteiger partial charge in [0.2, 0.25) is 0 Å². The molecule has 3 rings (SSSR count). The summed E-state index contributed by atoms with van der Waals surface area (Å²) < 4.78 is 0. The molecule has 1 spiro atoms. The van der Waals surface area contributed by atoms with Gasteiger partial charge in [0.05, 0.1) is 4.87 Å². The normalized spacial score (nSPS) is 33.1. The standard InChI is InChI=1S/C15H22N2S/c1-13-10-16-15(18-13)8-5-9-17(12-15)11-14-6-3-2-4-7-14/h2-4,6-7,13,16H,5,8-12H2,1H3. The highest BCUT2D eigenvalue weighted by Crippen LogP contribution is 2.39. The van der Waals surface area contributed by atoms with Gasteiger partial charge in [0.15, 0.2) is 0 Å². The minimum absolute atomic E-state index is 0.340. The van der Waals surface area contributed by atoms with E-state index in [-0.39, 0.29) is 0 Å². The van der Waals surface area contributed by atoms with E-state index in [9.17, 15) is 0 Å². The first-order chi connectivity index (χ1) is 8.76. The maximum atomic E-state index is 3.76. The molecule has 2 fully saturated rings. The summed E-state index contributed by atoms with van der Waals surface area (Å²) in [6.07, 6.45) is 2.65. The van der Waals surface area contributed by atoms with Crippen LogP contribution in [0, 0.1) is 0 Å². The molecule has 18 heavy (non-hydrogen) atoms. The highest BCUT2D eigenvalue weighted by molar-refractivity contribution is 8.01. The lowest BCUT2D eigenvalue weighted by Crippen LogP contribution is -2.51. The van der Waals surface area contributed by atoms with Crippen molar-refractivity contribution in [3.05, 3.63) is 35.9 Å². The highest BCUT2D eigenvalue weighted by Gasteiger charge is 2.40. The summed E-state index contributed by atoms with van der Waals surface area (Å²) >= 11 is 2.15. The van der Waals surface area contributed by atoms with Gasteiger partial charge in [-0.05, 0) is 24.9 Å². The van der Waals surface area contributed by atoms with E-state index in [2.05, 4.69) is 59.2 Å². The molecule has 1 N–H and O–H groups in total. The molecule has 2 heterocycles. The van der Waals surface area contributed by atoms with Gasteiger partial charge in [-0.15, -0.1) is 11.8 Å². The maximum absolute atomic E-state index is 3.76. The Morgan fingerprint density at radius 3 is 2.94 bits per heavy atom. The van der Waals surface area contributed by atoms with Crippen LogP contribution in [0.4, 0.5) is 0 Å². The number of hydrogen-bond donors (Lipinski definition) is 1. The molecular formula is C15H22N2S. The first-order valence-corrected chi connectivity index (χ1v) is 7.83. The van der Waals surface area contributed by atoms with Gasteiger partial charge in [0, 0.05) is 24.9 Å². The lowest BCUT2D eigenvalue weighted by Gasteiger charge is -2.40. The number of rotatable bonds is 2. The molecule has 2 aliphatic rings. The predicted octanol–water partition coefficient (Wildman–Crippen LogP) is 2.70. The molecule has 1 aromatic carbocycles. The zero-order valence-corrected chi connectivity index (χ0v) is 11.9. The van der Waals surface area contributed by atoms with Crippen LogP contribution < -0.4 is 5.32 Å². The molecule has 3 heteroatoms. The van der Waals surface area contributed by atoms with Crippen molar-refractivity contribution in [3.63, 3.8) is 0 Å².